The van der Waals surface area contributed by atoms with E-state index in [0.717, 1.165) is 19.3 Å². The van der Waals surface area contributed by atoms with Gasteiger partial charge in [0.15, 0.2) is 5.66 Å². The lowest BCUT2D eigenvalue weighted by Gasteiger charge is -2.16. The maximum absolute atomic E-state index is 11.7. The molecule has 1 fully saturated rings. The molecule has 4 heteroatoms. The molecule has 0 saturated heterocycles. The molecule has 0 aromatic heterocycles. The largest absolute Gasteiger partial charge is 0.353 e. The van der Waals surface area contributed by atoms with Gasteiger partial charge in [-0.3, -0.25) is 4.79 Å². The first-order valence-electron chi connectivity index (χ1n) is 6.41. The Kier molecular flexibility index (Phi) is 3.56. The summed E-state index contributed by atoms with van der Waals surface area (Å²) >= 11 is 0. The van der Waals surface area contributed by atoms with E-state index < -0.39 is 0 Å². The second-order valence-electron chi connectivity index (χ2n) is 5.17. The molecular weight excluding hydrogens is 202 g/mol. The molecule has 0 bridgehead atoms. The van der Waals surface area contributed by atoms with Crippen molar-refractivity contribution in [1.82, 2.24) is 5.32 Å². The van der Waals surface area contributed by atoms with Gasteiger partial charge in [-0.25, -0.2) is 0 Å². The van der Waals surface area contributed by atoms with Crippen LogP contribution in [0.1, 0.15) is 58.3 Å². The Bertz CT molecular complexity index is 274. The minimum absolute atomic E-state index is 0.172. The molecule has 1 aliphatic carbocycles. The summed E-state index contributed by atoms with van der Waals surface area (Å²) in [7, 11) is 0. The van der Waals surface area contributed by atoms with E-state index in [-0.39, 0.29) is 11.6 Å². The molecule has 0 unspecified atom stereocenters. The fraction of sp³-hybridized carbons (Fsp3) is 0.917. The van der Waals surface area contributed by atoms with Gasteiger partial charge in [0.1, 0.15) is 0 Å². The maximum Gasteiger partial charge on any atom is 0.220 e. The molecule has 2 aliphatic rings. The molecule has 1 heterocycles. The standard InChI is InChI=1S/C12H21N3O/c1-12(14-15-12)9-8-11(16)13-10-6-4-2-3-5-7-10/h10H,2-9H2,1H3,(H,13,16). The molecule has 4 nitrogen and oxygen atoms in total. The fourth-order valence-corrected chi connectivity index (χ4v) is 2.26. The van der Waals surface area contributed by atoms with Crippen LogP contribution in [0.25, 0.3) is 0 Å². The van der Waals surface area contributed by atoms with Crippen molar-refractivity contribution >= 4 is 5.91 Å². The Balaban J connectivity index is 1.65. The quantitative estimate of drug-likeness (QED) is 0.732. The van der Waals surface area contributed by atoms with E-state index in [1.54, 1.807) is 0 Å². The van der Waals surface area contributed by atoms with Crippen molar-refractivity contribution in [3.8, 4) is 0 Å². The topological polar surface area (TPSA) is 53.8 Å². The van der Waals surface area contributed by atoms with Crippen molar-refractivity contribution in [2.75, 3.05) is 0 Å². The van der Waals surface area contributed by atoms with Crippen LogP contribution in [-0.4, -0.2) is 17.6 Å². The van der Waals surface area contributed by atoms with Crippen molar-refractivity contribution < 1.29 is 4.79 Å². The molecule has 2 rings (SSSR count). The van der Waals surface area contributed by atoms with Crippen LogP contribution >= 0.6 is 0 Å². The Labute approximate surface area is 96.9 Å². The number of hydrogen-bond donors (Lipinski definition) is 1. The molecule has 1 N–H and O–H groups in total. The average molecular weight is 223 g/mol. The van der Waals surface area contributed by atoms with E-state index in [0.29, 0.717) is 12.5 Å². The van der Waals surface area contributed by atoms with Crippen molar-refractivity contribution in [2.24, 2.45) is 10.2 Å². The Morgan fingerprint density at radius 2 is 1.88 bits per heavy atom. The van der Waals surface area contributed by atoms with Gasteiger partial charge < -0.3 is 5.32 Å². The third kappa shape index (κ3) is 3.58. The molecule has 0 spiro atoms. The monoisotopic (exact) mass is 223 g/mol. The van der Waals surface area contributed by atoms with Crippen LogP contribution in [0.5, 0.6) is 0 Å². The summed E-state index contributed by atoms with van der Waals surface area (Å²) in [6.45, 7) is 1.96. The summed E-state index contributed by atoms with van der Waals surface area (Å²) in [5.74, 6) is 0.172. The predicted molar refractivity (Wildman–Crippen MR) is 62.1 cm³/mol. The lowest BCUT2D eigenvalue weighted by Crippen LogP contribution is -2.34. The number of hydrogen-bond acceptors (Lipinski definition) is 3. The van der Waals surface area contributed by atoms with Gasteiger partial charge in [0.05, 0.1) is 0 Å². The smallest absolute Gasteiger partial charge is 0.220 e. The molecule has 90 valence electrons. The van der Waals surface area contributed by atoms with Gasteiger partial charge in [-0.1, -0.05) is 25.7 Å². The van der Waals surface area contributed by atoms with E-state index in [1.165, 1.54) is 25.7 Å². The van der Waals surface area contributed by atoms with Crippen LogP contribution in [0.2, 0.25) is 0 Å². The second kappa shape index (κ2) is 4.93. The van der Waals surface area contributed by atoms with Gasteiger partial charge in [0.2, 0.25) is 5.91 Å². The van der Waals surface area contributed by atoms with E-state index in [9.17, 15) is 4.79 Å². The van der Waals surface area contributed by atoms with Crippen molar-refractivity contribution in [2.45, 2.75) is 70.0 Å². The Morgan fingerprint density at radius 3 is 2.44 bits per heavy atom. The molecule has 1 saturated carbocycles. The Morgan fingerprint density at radius 1 is 1.25 bits per heavy atom. The number of rotatable bonds is 4. The molecule has 0 radical (unpaired) electrons. The zero-order valence-electron chi connectivity index (χ0n) is 10.0. The zero-order valence-corrected chi connectivity index (χ0v) is 10.0. The highest BCUT2D eigenvalue weighted by Gasteiger charge is 2.33. The fourth-order valence-electron chi connectivity index (χ4n) is 2.26. The van der Waals surface area contributed by atoms with E-state index in [4.69, 9.17) is 0 Å². The van der Waals surface area contributed by atoms with Gasteiger partial charge in [-0.15, -0.1) is 0 Å². The highest BCUT2D eigenvalue weighted by Crippen LogP contribution is 2.31. The lowest BCUT2D eigenvalue weighted by molar-refractivity contribution is -0.122. The molecule has 0 aromatic carbocycles. The third-order valence-electron chi connectivity index (χ3n) is 3.49. The summed E-state index contributed by atoms with van der Waals surface area (Å²) in [5.41, 5.74) is -0.235. The molecule has 1 aliphatic heterocycles. The number of carbonyl (C=O) groups excluding carboxylic acids is 1. The normalized spacial score (nSPS) is 23.8. The predicted octanol–water partition coefficient (Wildman–Crippen LogP) is 2.79. The molecule has 1 amide bonds. The summed E-state index contributed by atoms with van der Waals surface area (Å²) in [6.07, 6.45) is 8.77. The number of amides is 1. The highest BCUT2D eigenvalue weighted by molar-refractivity contribution is 5.76. The first-order chi connectivity index (χ1) is 7.68. The van der Waals surface area contributed by atoms with Crippen LogP contribution in [0.15, 0.2) is 10.2 Å². The van der Waals surface area contributed by atoms with Gasteiger partial charge in [0.25, 0.3) is 0 Å². The first kappa shape index (κ1) is 11.6. The van der Waals surface area contributed by atoms with E-state index >= 15 is 0 Å². The number of nitrogens with zero attached hydrogens (tertiary/aromatic N) is 2. The highest BCUT2D eigenvalue weighted by atomic mass is 16.1. The Hall–Kier alpha value is -0.930. The van der Waals surface area contributed by atoms with Gasteiger partial charge >= 0.3 is 0 Å². The zero-order chi connectivity index (χ0) is 11.4. The second-order valence-corrected chi connectivity index (χ2v) is 5.17. The van der Waals surface area contributed by atoms with Crippen LogP contribution in [0.4, 0.5) is 0 Å². The summed E-state index contributed by atoms with van der Waals surface area (Å²) < 4.78 is 0. The number of nitrogens with one attached hydrogen (secondary N) is 1. The van der Waals surface area contributed by atoms with Crippen molar-refractivity contribution in [1.29, 1.82) is 0 Å². The van der Waals surface area contributed by atoms with Crippen LogP contribution < -0.4 is 5.32 Å². The van der Waals surface area contributed by atoms with Crippen LogP contribution in [0, 0.1) is 0 Å². The minimum Gasteiger partial charge on any atom is -0.353 e. The average Bonchev–Trinajstić information content (AvgIpc) is 3.02. The summed E-state index contributed by atoms with van der Waals surface area (Å²) in [4.78, 5) is 11.7. The van der Waals surface area contributed by atoms with Gasteiger partial charge in [0, 0.05) is 18.9 Å². The lowest BCUT2D eigenvalue weighted by atomic mass is 10.1. The van der Waals surface area contributed by atoms with Crippen molar-refractivity contribution in [3.63, 3.8) is 0 Å². The molecular formula is C12H21N3O. The van der Waals surface area contributed by atoms with E-state index in [2.05, 4.69) is 15.5 Å². The molecule has 0 atom stereocenters. The van der Waals surface area contributed by atoms with Gasteiger partial charge in [-0.05, 0) is 19.8 Å². The van der Waals surface area contributed by atoms with Crippen LogP contribution in [0.3, 0.4) is 0 Å². The molecule has 16 heavy (non-hydrogen) atoms. The van der Waals surface area contributed by atoms with Crippen LogP contribution in [-0.2, 0) is 4.79 Å². The van der Waals surface area contributed by atoms with Crippen molar-refractivity contribution in [3.05, 3.63) is 0 Å². The molecule has 0 aromatic rings. The van der Waals surface area contributed by atoms with E-state index in [1.807, 2.05) is 6.92 Å². The summed E-state index contributed by atoms with van der Waals surface area (Å²) in [5, 5.41) is 11.0. The third-order valence-corrected chi connectivity index (χ3v) is 3.49. The minimum atomic E-state index is -0.235. The number of carbonyl (C=O) groups is 1. The summed E-state index contributed by atoms with van der Waals surface area (Å²) in [6, 6.07) is 0.413. The maximum atomic E-state index is 11.7. The SMILES string of the molecule is CC1(CCC(=O)NC2CCCCCC2)N=N1. The van der Waals surface area contributed by atoms with Gasteiger partial charge in [-0.2, -0.15) is 10.2 Å². The first-order valence-corrected chi connectivity index (χ1v) is 6.41.